The zero-order valence-electron chi connectivity index (χ0n) is 10.7. The van der Waals surface area contributed by atoms with Gasteiger partial charge in [-0.1, -0.05) is 39.7 Å². The average Bonchev–Trinajstić information content (AvgIpc) is 2.33. The minimum Gasteiger partial charge on any atom is -0.457 e. The van der Waals surface area contributed by atoms with Gasteiger partial charge < -0.3 is 9.84 Å². The van der Waals surface area contributed by atoms with Gasteiger partial charge in [-0.05, 0) is 49.2 Å². The predicted molar refractivity (Wildman–Crippen MR) is 81.0 cm³/mol. The number of rotatable bonds is 3. The molecule has 0 unspecified atom stereocenters. The van der Waals surface area contributed by atoms with Crippen LogP contribution in [0.25, 0.3) is 0 Å². The summed E-state index contributed by atoms with van der Waals surface area (Å²) < 4.78 is 6.63. The van der Waals surface area contributed by atoms with E-state index in [4.69, 9.17) is 16.3 Å². The summed E-state index contributed by atoms with van der Waals surface area (Å²) in [7, 11) is 0. The van der Waals surface area contributed by atoms with Crippen LogP contribution in [-0.4, -0.2) is 5.11 Å². The Labute approximate surface area is 126 Å². The summed E-state index contributed by atoms with van der Waals surface area (Å²) in [6.07, 6.45) is -0.517. The summed E-state index contributed by atoms with van der Waals surface area (Å²) in [5.41, 5.74) is 1.84. The van der Waals surface area contributed by atoms with Crippen molar-refractivity contribution in [1.82, 2.24) is 0 Å². The molecule has 100 valence electrons. The SMILES string of the molecule is Cc1ccc(Cl)cc1Oc1ccc([C@H](C)O)c(Br)c1. The van der Waals surface area contributed by atoms with E-state index in [2.05, 4.69) is 15.9 Å². The number of hydrogen-bond donors (Lipinski definition) is 1. The number of aliphatic hydroxyl groups is 1. The Morgan fingerprint density at radius 1 is 1.21 bits per heavy atom. The molecule has 2 nitrogen and oxygen atoms in total. The van der Waals surface area contributed by atoms with Crippen LogP contribution in [0.4, 0.5) is 0 Å². The molecule has 0 aromatic heterocycles. The molecule has 0 aliphatic carbocycles. The lowest BCUT2D eigenvalue weighted by atomic mass is 10.1. The Kier molecular flexibility index (Phi) is 4.50. The topological polar surface area (TPSA) is 29.5 Å². The molecule has 1 atom stereocenters. The lowest BCUT2D eigenvalue weighted by Crippen LogP contribution is -1.94. The maximum Gasteiger partial charge on any atom is 0.131 e. The summed E-state index contributed by atoms with van der Waals surface area (Å²) in [6.45, 7) is 3.69. The van der Waals surface area contributed by atoms with Crippen LogP contribution in [0.15, 0.2) is 40.9 Å². The highest BCUT2D eigenvalue weighted by atomic mass is 79.9. The number of aliphatic hydroxyl groups excluding tert-OH is 1. The van der Waals surface area contributed by atoms with E-state index in [1.165, 1.54) is 0 Å². The quantitative estimate of drug-likeness (QED) is 0.825. The van der Waals surface area contributed by atoms with Gasteiger partial charge in [-0.15, -0.1) is 0 Å². The van der Waals surface area contributed by atoms with E-state index in [-0.39, 0.29) is 0 Å². The summed E-state index contributed by atoms with van der Waals surface area (Å²) in [4.78, 5) is 0. The summed E-state index contributed by atoms with van der Waals surface area (Å²) >= 11 is 9.39. The van der Waals surface area contributed by atoms with Crippen molar-refractivity contribution in [2.75, 3.05) is 0 Å². The summed E-state index contributed by atoms with van der Waals surface area (Å²) in [6, 6.07) is 11.0. The van der Waals surface area contributed by atoms with Gasteiger partial charge in [0.25, 0.3) is 0 Å². The first kappa shape index (κ1) is 14.4. The summed E-state index contributed by atoms with van der Waals surface area (Å²) in [5.74, 6) is 1.42. The second-order valence-electron chi connectivity index (χ2n) is 4.37. The minimum absolute atomic E-state index is 0.517. The van der Waals surface area contributed by atoms with Crippen LogP contribution in [0, 0.1) is 6.92 Å². The molecule has 0 saturated carbocycles. The van der Waals surface area contributed by atoms with Gasteiger partial charge in [0, 0.05) is 9.50 Å². The van der Waals surface area contributed by atoms with Crippen molar-refractivity contribution < 1.29 is 9.84 Å². The number of halogens is 2. The predicted octanol–water partition coefficient (Wildman–Crippen LogP) is 5.26. The number of aryl methyl sites for hydroxylation is 1. The smallest absolute Gasteiger partial charge is 0.131 e. The second-order valence-corrected chi connectivity index (χ2v) is 5.66. The first-order chi connectivity index (χ1) is 8.97. The van der Waals surface area contributed by atoms with E-state index >= 15 is 0 Å². The normalized spacial score (nSPS) is 12.3. The van der Waals surface area contributed by atoms with E-state index < -0.39 is 6.10 Å². The number of ether oxygens (including phenoxy) is 1. The molecule has 0 aliphatic heterocycles. The van der Waals surface area contributed by atoms with E-state index in [0.717, 1.165) is 21.3 Å². The summed E-state index contributed by atoms with van der Waals surface area (Å²) in [5, 5.41) is 10.2. The third-order valence-corrected chi connectivity index (χ3v) is 3.72. The van der Waals surface area contributed by atoms with Gasteiger partial charge in [0.05, 0.1) is 6.10 Å². The fourth-order valence-electron chi connectivity index (χ4n) is 1.72. The first-order valence-corrected chi connectivity index (χ1v) is 7.06. The van der Waals surface area contributed by atoms with Crippen molar-refractivity contribution in [3.05, 3.63) is 57.0 Å². The maximum atomic E-state index is 9.58. The third-order valence-electron chi connectivity index (χ3n) is 2.80. The Hall–Kier alpha value is -1.03. The van der Waals surface area contributed by atoms with Crippen LogP contribution in [0.5, 0.6) is 11.5 Å². The highest BCUT2D eigenvalue weighted by Gasteiger charge is 2.08. The number of benzene rings is 2. The molecule has 0 bridgehead atoms. The molecule has 19 heavy (non-hydrogen) atoms. The Bertz CT molecular complexity index is 597. The Balaban J connectivity index is 2.29. The average molecular weight is 342 g/mol. The molecule has 0 aliphatic rings. The van der Waals surface area contributed by atoms with Gasteiger partial charge >= 0.3 is 0 Å². The van der Waals surface area contributed by atoms with Crippen molar-refractivity contribution in [3.8, 4) is 11.5 Å². The van der Waals surface area contributed by atoms with Gasteiger partial charge in [0.1, 0.15) is 11.5 Å². The van der Waals surface area contributed by atoms with Crippen LogP contribution >= 0.6 is 27.5 Å². The minimum atomic E-state index is -0.517. The van der Waals surface area contributed by atoms with E-state index in [1.807, 2.05) is 37.3 Å². The molecule has 0 amide bonds. The highest BCUT2D eigenvalue weighted by molar-refractivity contribution is 9.10. The highest BCUT2D eigenvalue weighted by Crippen LogP contribution is 2.32. The van der Waals surface area contributed by atoms with Gasteiger partial charge in [-0.25, -0.2) is 0 Å². The fraction of sp³-hybridized carbons (Fsp3) is 0.200. The van der Waals surface area contributed by atoms with Crippen LogP contribution in [0.2, 0.25) is 5.02 Å². The molecule has 2 rings (SSSR count). The molecule has 2 aromatic rings. The van der Waals surface area contributed by atoms with E-state index in [0.29, 0.717) is 10.8 Å². The van der Waals surface area contributed by atoms with Gasteiger partial charge in [-0.3, -0.25) is 0 Å². The Morgan fingerprint density at radius 3 is 2.58 bits per heavy atom. The lowest BCUT2D eigenvalue weighted by molar-refractivity contribution is 0.198. The van der Waals surface area contributed by atoms with Crippen LogP contribution in [0.3, 0.4) is 0 Å². The first-order valence-electron chi connectivity index (χ1n) is 5.89. The third kappa shape index (κ3) is 3.50. The largest absolute Gasteiger partial charge is 0.457 e. The zero-order valence-corrected chi connectivity index (χ0v) is 13.0. The molecule has 0 heterocycles. The molecule has 4 heteroatoms. The van der Waals surface area contributed by atoms with Crippen molar-refractivity contribution in [2.24, 2.45) is 0 Å². The van der Waals surface area contributed by atoms with Crippen LogP contribution in [-0.2, 0) is 0 Å². The molecule has 0 radical (unpaired) electrons. The van der Waals surface area contributed by atoms with Gasteiger partial charge in [0.2, 0.25) is 0 Å². The lowest BCUT2D eigenvalue weighted by Gasteiger charge is -2.12. The van der Waals surface area contributed by atoms with Crippen molar-refractivity contribution in [1.29, 1.82) is 0 Å². The zero-order chi connectivity index (χ0) is 14.0. The molecule has 0 saturated heterocycles. The maximum absolute atomic E-state index is 9.58. The van der Waals surface area contributed by atoms with Gasteiger partial charge in [0.15, 0.2) is 0 Å². The second kappa shape index (κ2) is 5.95. The van der Waals surface area contributed by atoms with Crippen molar-refractivity contribution in [3.63, 3.8) is 0 Å². The fourth-order valence-corrected chi connectivity index (χ4v) is 2.57. The standard InChI is InChI=1S/C15H14BrClO2/c1-9-3-4-11(17)7-15(9)19-12-5-6-13(10(2)18)14(16)8-12/h3-8,10,18H,1-2H3/t10-/m0/s1. The Morgan fingerprint density at radius 2 is 1.95 bits per heavy atom. The molecule has 0 spiro atoms. The molecular formula is C15H14BrClO2. The number of hydrogen-bond acceptors (Lipinski definition) is 2. The van der Waals surface area contributed by atoms with Gasteiger partial charge in [-0.2, -0.15) is 0 Å². The van der Waals surface area contributed by atoms with E-state index in [9.17, 15) is 5.11 Å². The van der Waals surface area contributed by atoms with Crippen molar-refractivity contribution in [2.45, 2.75) is 20.0 Å². The monoisotopic (exact) mass is 340 g/mol. The molecule has 0 fully saturated rings. The van der Waals surface area contributed by atoms with Crippen molar-refractivity contribution >= 4 is 27.5 Å². The van der Waals surface area contributed by atoms with E-state index in [1.54, 1.807) is 13.0 Å². The molecule has 1 N–H and O–H groups in total. The van der Waals surface area contributed by atoms with Crippen LogP contribution < -0.4 is 4.74 Å². The van der Waals surface area contributed by atoms with Crippen LogP contribution in [0.1, 0.15) is 24.2 Å². The molecule has 2 aromatic carbocycles. The molecular weight excluding hydrogens is 328 g/mol.